The molecule has 28 nitrogen and oxygen atoms in total. The van der Waals surface area contributed by atoms with Crippen LogP contribution in [0, 0.1) is 6.92 Å². The zero-order valence-corrected chi connectivity index (χ0v) is 37.6. The zero-order chi connectivity index (χ0) is 48.4. The number of azo groups is 2. The van der Waals surface area contributed by atoms with Crippen LogP contribution in [0.3, 0.4) is 0 Å². The van der Waals surface area contributed by atoms with Gasteiger partial charge >= 0.3 is 20.8 Å². The molecular formula is C29H31N5O23S7. The Bertz CT molecular complexity index is 3400. The van der Waals surface area contributed by atoms with E-state index in [2.05, 4.69) is 34.1 Å². The molecule has 0 radical (unpaired) electrons. The van der Waals surface area contributed by atoms with Gasteiger partial charge in [0, 0.05) is 16.8 Å². The molecule has 0 fully saturated rings. The highest BCUT2D eigenvalue weighted by atomic mass is 32.3. The second-order valence-electron chi connectivity index (χ2n) is 12.4. The van der Waals surface area contributed by atoms with Crippen LogP contribution >= 0.6 is 0 Å². The van der Waals surface area contributed by atoms with Crippen LogP contribution in [-0.2, 0) is 79.2 Å². The molecule has 64 heavy (non-hydrogen) atoms. The highest BCUT2D eigenvalue weighted by Crippen LogP contribution is 2.48. The van der Waals surface area contributed by atoms with Gasteiger partial charge in [0.2, 0.25) is 0 Å². The fourth-order valence-corrected chi connectivity index (χ4v) is 10.3. The molecule has 352 valence electrons. The third-order valence-electron chi connectivity index (χ3n) is 7.97. The molecule has 35 heteroatoms. The first-order chi connectivity index (χ1) is 29.1. The van der Waals surface area contributed by atoms with E-state index in [4.69, 9.17) is 13.8 Å². The Morgan fingerprint density at radius 1 is 0.578 bits per heavy atom. The molecule has 4 rings (SSSR count). The van der Waals surface area contributed by atoms with Crippen molar-refractivity contribution in [1.29, 1.82) is 0 Å². The van der Waals surface area contributed by atoms with Crippen LogP contribution in [0.4, 0.5) is 28.4 Å². The maximum absolute atomic E-state index is 12.9. The first-order valence-corrected chi connectivity index (χ1v) is 27.0. The predicted octanol–water partition coefficient (Wildman–Crippen LogP) is 2.63. The molecule has 0 atom stereocenters. The van der Waals surface area contributed by atoms with Crippen molar-refractivity contribution in [2.45, 2.75) is 26.5 Å². The zero-order valence-electron chi connectivity index (χ0n) is 31.9. The highest BCUT2D eigenvalue weighted by molar-refractivity contribution is 7.92. The fourth-order valence-electron chi connectivity index (χ4n) is 5.30. The third-order valence-corrected chi connectivity index (χ3v) is 14.7. The smallest absolute Gasteiger partial charge is 0.397 e. The molecule has 0 aliphatic carbocycles. The molecule has 0 saturated carbocycles. The first kappa shape index (κ1) is 51.7. The third kappa shape index (κ3) is 13.6. The maximum atomic E-state index is 12.9. The van der Waals surface area contributed by atoms with E-state index in [1.807, 2.05) is 0 Å². The van der Waals surface area contributed by atoms with Crippen molar-refractivity contribution in [2.75, 3.05) is 43.0 Å². The Kier molecular flexibility index (Phi) is 15.3. The van der Waals surface area contributed by atoms with E-state index in [-0.39, 0.29) is 10.9 Å². The summed E-state index contributed by atoms with van der Waals surface area (Å²) in [6.45, 7) is -0.898. The number of nitrogens with zero attached hydrogens (tertiary/aromatic N) is 4. The lowest BCUT2D eigenvalue weighted by Gasteiger charge is -2.16. The quantitative estimate of drug-likeness (QED) is 0.0494. The molecule has 0 amide bonds. The molecule has 0 aliphatic rings. The lowest BCUT2D eigenvalue weighted by molar-refractivity contribution is 0.282. The number of aromatic hydroxyl groups is 1. The number of fused-ring (bicyclic) bond motifs is 1. The molecule has 4 aromatic rings. The largest absolute Gasteiger partial charge is 0.506 e. The number of phenols is 1. The van der Waals surface area contributed by atoms with Gasteiger partial charge in [-0.2, -0.15) is 42.1 Å². The van der Waals surface area contributed by atoms with Gasteiger partial charge in [-0.1, -0.05) is 0 Å². The second kappa shape index (κ2) is 18.9. The van der Waals surface area contributed by atoms with Gasteiger partial charge in [-0.25, -0.2) is 25.2 Å². The molecule has 0 heterocycles. The Hall–Kier alpha value is -4.89. The van der Waals surface area contributed by atoms with E-state index in [9.17, 15) is 77.7 Å². The SMILES string of the molecule is COc1c(N=Nc2cc(C)c(S(=O)(=O)CCOS(=O)(=O)O)cc2O)c(S(=O)(=O)O)cc2c(N=Nc3ccc(S(=O)(=O)CCOS(=O)(=O)O)cc3S(=O)(=O)O)c(NCS(=O)(=O)O)ccc12. The number of ether oxygens (including phenoxy) is 1. The molecule has 0 unspecified atom stereocenters. The van der Waals surface area contributed by atoms with E-state index < -0.39 is 166 Å². The van der Waals surface area contributed by atoms with Crippen LogP contribution in [0.5, 0.6) is 11.5 Å². The minimum atomic E-state index is -5.42. The summed E-state index contributed by atoms with van der Waals surface area (Å²) in [6.07, 6.45) is 0. The Morgan fingerprint density at radius 3 is 1.66 bits per heavy atom. The molecule has 0 spiro atoms. The lowest BCUT2D eigenvalue weighted by Crippen LogP contribution is -2.16. The van der Waals surface area contributed by atoms with Gasteiger partial charge in [-0.3, -0.25) is 22.8 Å². The van der Waals surface area contributed by atoms with Crippen molar-refractivity contribution in [2.24, 2.45) is 20.5 Å². The summed E-state index contributed by atoms with van der Waals surface area (Å²) in [4.78, 5) is -3.74. The molecule has 4 aromatic carbocycles. The maximum Gasteiger partial charge on any atom is 0.397 e. The summed E-state index contributed by atoms with van der Waals surface area (Å²) >= 11 is 0. The summed E-state index contributed by atoms with van der Waals surface area (Å²) in [6, 6.07) is 6.32. The number of hydrogen-bond donors (Lipinski definition) is 7. The number of phenolic OH excluding ortho intramolecular Hbond substituents is 1. The summed E-state index contributed by atoms with van der Waals surface area (Å²) in [5, 5.41) is 27.5. The predicted molar refractivity (Wildman–Crippen MR) is 217 cm³/mol. The van der Waals surface area contributed by atoms with E-state index in [1.54, 1.807) is 0 Å². The van der Waals surface area contributed by atoms with Gasteiger partial charge in [0.05, 0.1) is 47.3 Å². The molecule has 0 aliphatic heterocycles. The Labute approximate surface area is 363 Å². The van der Waals surface area contributed by atoms with Gasteiger partial charge in [0.15, 0.2) is 25.4 Å². The second-order valence-corrected chi connectivity index (χ2v) is 23.0. The average Bonchev–Trinajstić information content (AvgIpc) is 3.13. The topological polar surface area (TPSA) is 450 Å². The van der Waals surface area contributed by atoms with Gasteiger partial charge in [0.1, 0.15) is 44.2 Å². The number of benzene rings is 4. The van der Waals surface area contributed by atoms with E-state index in [0.29, 0.717) is 24.3 Å². The van der Waals surface area contributed by atoms with Crippen LogP contribution in [-0.4, -0.2) is 125 Å². The number of methoxy groups -OCH3 is 1. The fraction of sp³-hybridized carbons (Fsp3) is 0.241. The van der Waals surface area contributed by atoms with E-state index in [0.717, 1.165) is 31.4 Å². The summed E-state index contributed by atoms with van der Waals surface area (Å²) in [7, 11) is -33.7. The normalized spacial score (nSPS) is 13.5. The average molecular weight is 1040 g/mol. The molecule has 7 N–H and O–H groups in total. The minimum Gasteiger partial charge on any atom is -0.506 e. The van der Waals surface area contributed by atoms with Crippen molar-refractivity contribution in [3.05, 3.63) is 54.1 Å². The van der Waals surface area contributed by atoms with Gasteiger partial charge in [-0.05, 0) is 55.0 Å². The minimum absolute atomic E-state index is 0.113. The standard InChI is InChI=1S/C29H31N5O23S7/c1-16-11-22(23(35)14-24(16)59(38,39)10-8-57-64(52,53)54)32-34-28-26(62(46,47)48)13-19-18(29(28)55-2)4-6-21(30-15-60(40,41)42)27(19)33-31-20-5-3-17(12-25(20)61(43,44)45)58(36,37)9-7-56-63(49,50)51/h3-6,11-14,30,35H,7-10,15H2,1-2H3,(H,40,41,42)(H,43,44,45)(H,46,47,48)(H,49,50,51)(H,52,53,54). The van der Waals surface area contributed by atoms with Gasteiger partial charge in [0.25, 0.3) is 30.4 Å². The van der Waals surface area contributed by atoms with Crippen LogP contribution in [0.25, 0.3) is 10.8 Å². The summed E-state index contributed by atoms with van der Waals surface area (Å²) in [5.41, 5.74) is -3.24. The summed E-state index contributed by atoms with van der Waals surface area (Å²) < 4.78 is 229. The van der Waals surface area contributed by atoms with E-state index in [1.165, 1.54) is 6.92 Å². The van der Waals surface area contributed by atoms with Gasteiger partial charge < -0.3 is 15.2 Å². The molecule has 0 aromatic heterocycles. The Morgan fingerprint density at radius 2 is 1.12 bits per heavy atom. The van der Waals surface area contributed by atoms with Crippen molar-refractivity contribution in [3.8, 4) is 11.5 Å². The van der Waals surface area contributed by atoms with Crippen molar-refractivity contribution >= 4 is 110 Å². The van der Waals surface area contributed by atoms with Crippen molar-refractivity contribution < 1.29 is 99.9 Å². The van der Waals surface area contributed by atoms with Gasteiger partial charge in [-0.15, -0.1) is 20.5 Å². The highest BCUT2D eigenvalue weighted by Gasteiger charge is 2.28. The van der Waals surface area contributed by atoms with Crippen LogP contribution in [0.15, 0.2) is 88.6 Å². The lowest BCUT2D eigenvalue weighted by atomic mass is 10.0. The first-order valence-electron chi connectivity index (χ1n) is 16.5. The van der Waals surface area contributed by atoms with Crippen LogP contribution in [0.2, 0.25) is 0 Å². The van der Waals surface area contributed by atoms with Crippen LogP contribution in [0.1, 0.15) is 5.56 Å². The van der Waals surface area contributed by atoms with Crippen molar-refractivity contribution in [1.82, 2.24) is 0 Å². The number of hydrogen-bond acceptors (Lipinski definition) is 23. The number of anilines is 1. The summed E-state index contributed by atoms with van der Waals surface area (Å²) in [5.74, 6) is -4.77. The Balaban J connectivity index is 1.94. The molecular weight excluding hydrogens is 1010 g/mol. The number of nitrogens with one attached hydrogen (secondary N) is 1. The molecule has 0 saturated heterocycles. The number of sulfone groups is 2. The number of rotatable bonds is 20. The molecule has 0 bridgehead atoms. The number of aryl methyl sites for hydroxylation is 1. The van der Waals surface area contributed by atoms with Crippen LogP contribution < -0.4 is 10.1 Å². The monoisotopic (exact) mass is 1040 g/mol. The van der Waals surface area contributed by atoms with E-state index >= 15 is 0 Å². The van der Waals surface area contributed by atoms with Crippen molar-refractivity contribution in [3.63, 3.8) is 0 Å².